The summed E-state index contributed by atoms with van der Waals surface area (Å²) in [5, 5.41) is 3.14. The lowest BCUT2D eigenvalue weighted by Gasteiger charge is -2.30. The molecule has 1 aliphatic heterocycles. The number of piperidine rings is 1. The number of amides is 1. The summed E-state index contributed by atoms with van der Waals surface area (Å²) in [4.78, 5) is 38.2. The first kappa shape index (κ1) is 34.6. The molecule has 2 aromatic heterocycles. The maximum Gasteiger partial charge on any atom is 0.287 e. The van der Waals surface area contributed by atoms with E-state index < -0.39 is 28.8 Å². The molecule has 12 heteroatoms. The van der Waals surface area contributed by atoms with Crippen molar-refractivity contribution in [2.24, 2.45) is 5.92 Å². The number of carbonyl (C=O) groups is 1. The monoisotopic (exact) mass is 705 g/mol. The van der Waals surface area contributed by atoms with Crippen molar-refractivity contribution < 1.29 is 27.8 Å². The van der Waals surface area contributed by atoms with Crippen LogP contribution in [-0.4, -0.2) is 58.7 Å². The Hall–Kier alpha value is -5.88. The Bertz CT molecular complexity index is 2320. The van der Waals surface area contributed by atoms with Crippen LogP contribution in [0.4, 0.5) is 14.5 Å². The van der Waals surface area contributed by atoms with Gasteiger partial charge in [0.15, 0.2) is 28.8 Å². The first-order valence-corrected chi connectivity index (χ1v) is 17.2. The summed E-state index contributed by atoms with van der Waals surface area (Å²) in [5.41, 5.74) is 0.407. The largest absolute Gasteiger partial charge is 0.493 e. The summed E-state index contributed by atoms with van der Waals surface area (Å²) in [6.07, 6.45) is 4.90. The number of nitrogens with one attached hydrogen (secondary N) is 1. The Kier molecular flexibility index (Phi) is 10.1. The van der Waals surface area contributed by atoms with Gasteiger partial charge in [-0.1, -0.05) is 25.1 Å². The van der Waals surface area contributed by atoms with Crippen LogP contribution in [0.3, 0.4) is 0 Å². The number of ether oxygens (including phenoxy) is 3. The number of anilines is 1. The molecule has 0 aliphatic carbocycles. The molecule has 4 aromatic carbocycles. The zero-order valence-corrected chi connectivity index (χ0v) is 28.8. The number of fused-ring (bicyclic) bond motifs is 2. The molecular weight excluding hydrogens is 668 g/mol. The third kappa shape index (κ3) is 7.42. The second-order valence-corrected chi connectivity index (χ2v) is 12.8. The molecule has 3 heterocycles. The zero-order chi connectivity index (χ0) is 36.2. The molecule has 7 rings (SSSR count). The molecule has 1 amide bonds. The molecule has 0 saturated carbocycles. The molecule has 0 atom stereocenters. The van der Waals surface area contributed by atoms with Crippen LogP contribution < -0.4 is 25.1 Å². The number of nitrogens with zero attached hydrogens (tertiary/aromatic N) is 4. The molecule has 266 valence electrons. The highest BCUT2D eigenvalue weighted by Crippen LogP contribution is 2.38. The molecule has 0 bridgehead atoms. The maximum absolute atomic E-state index is 15.5. The van der Waals surface area contributed by atoms with E-state index in [4.69, 9.17) is 14.2 Å². The van der Waals surface area contributed by atoms with Crippen molar-refractivity contribution in [2.45, 2.75) is 26.2 Å². The van der Waals surface area contributed by atoms with Gasteiger partial charge < -0.3 is 24.4 Å². The van der Waals surface area contributed by atoms with Crippen molar-refractivity contribution in [1.29, 1.82) is 0 Å². The highest BCUT2D eigenvalue weighted by Gasteiger charge is 2.21. The topological polar surface area (TPSA) is 108 Å². The van der Waals surface area contributed by atoms with Crippen LogP contribution in [0.25, 0.3) is 27.6 Å². The smallest absolute Gasteiger partial charge is 0.287 e. The summed E-state index contributed by atoms with van der Waals surface area (Å²) in [6.45, 7) is 6.04. The molecule has 1 aliphatic rings. The first-order valence-electron chi connectivity index (χ1n) is 17.2. The van der Waals surface area contributed by atoms with Crippen molar-refractivity contribution in [2.75, 3.05) is 38.7 Å². The minimum atomic E-state index is -0.861. The number of rotatable bonds is 11. The van der Waals surface area contributed by atoms with E-state index in [0.717, 1.165) is 38.0 Å². The van der Waals surface area contributed by atoms with E-state index in [0.29, 0.717) is 45.8 Å². The summed E-state index contributed by atoms with van der Waals surface area (Å²) < 4.78 is 48.5. The standard InChI is InChI=1S/C40H37F2N5O5/c1-25-14-18-46(19-15-25)17-6-20-51-37-24-32-29(23-36(37)50-2)34(13-16-43-32)52-35-12-11-27(22-30(35)42)44-39(48)38-40(49)47(28-8-5-7-26(41)21-28)33-10-4-3-9-31(33)45-38/h3-5,7-13,16,21-25H,6,14-15,17-20H2,1-2H3,(H,44,48). The first-order chi connectivity index (χ1) is 25.3. The quantitative estimate of drug-likeness (QED) is 0.136. The number of pyridine rings is 1. The number of hydrogen-bond acceptors (Lipinski definition) is 8. The van der Waals surface area contributed by atoms with Gasteiger partial charge in [-0.3, -0.25) is 19.1 Å². The van der Waals surface area contributed by atoms with Crippen molar-refractivity contribution >= 4 is 33.5 Å². The van der Waals surface area contributed by atoms with E-state index in [-0.39, 0.29) is 17.1 Å². The predicted molar refractivity (Wildman–Crippen MR) is 195 cm³/mol. The molecular formula is C40H37F2N5O5. The summed E-state index contributed by atoms with van der Waals surface area (Å²) in [6, 6.07) is 21.2. The van der Waals surface area contributed by atoms with Crippen LogP contribution in [0.2, 0.25) is 0 Å². The van der Waals surface area contributed by atoms with E-state index in [9.17, 15) is 14.0 Å². The number of para-hydroxylation sites is 2. The second-order valence-electron chi connectivity index (χ2n) is 12.8. The van der Waals surface area contributed by atoms with Gasteiger partial charge in [-0.25, -0.2) is 13.8 Å². The highest BCUT2D eigenvalue weighted by molar-refractivity contribution is 6.03. The lowest BCUT2D eigenvalue weighted by Crippen LogP contribution is -2.34. The SMILES string of the molecule is COc1cc2c(Oc3ccc(NC(=O)c4nc5ccccc5n(-c5cccc(F)c5)c4=O)cc3F)ccnc2cc1OCCCN1CCC(C)CC1. The average molecular weight is 706 g/mol. The van der Waals surface area contributed by atoms with Gasteiger partial charge in [0.1, 0.15) is 11.6 Å². The van der Waals surface area contributed by atoms with Crippen LogP contribution in [0.5, 0.6) is 23.0 Å². The van der Waals surface area contributed by atoms with Gasteiger partial charge in [0.25, 0.3) is 11.5 Å². The van der Waals surface area contributed by atoms with Gasteiger partial charge in [0.05, 0.1) is 36.0 Å². The Morgan fingerprint density at radius 3 is 2.52 bits per heavy atom. The van der Waals surface area contributed by atoms with Crippen LogP contribution in [0.1, 0.15) is 36.7 Å². The van der Waals surface area contributed by atoms with Gasteiger partial charge in [0, 0.05) is 35.9 Å². The number of likely N-dealkylation sites (tertiary alicyclic amines) is 1. The molecule has 0 spiro atoms. The molecule has 1 saturated heterocycles. The number of carbonyl (C=O) groups excluding carboxylic acids is 1. The number of aromatic nitrogens is 3. The minimum Gasteiger partial charge on any atom is -0.493 e. The van der Waals surface area contributed by atoms with E-state index in [1.165, 1.54) is 47.7 Å². The average Bonchev–Trinajstić information content (AvgIpc) is 3.14. The van der Waals surface area contributed by atoms with Crippen molar-refractivity contribution in [1.82, 2.24) is 19.4 Å². The van der Waals surface area contributed by atoms with Crippen LogP contribution in [0, 0.1) is 17.6 Å². The van der Waals surface area contributed by atoms with Gasteiger partial charge in [-0.2, -0.15) is 0 Å². The van der Waals surface area contributed by atoms with Gasteiger partial charge in [0.2, 0.25) is 0 Å². The lowest BCUT2D eigenvalue weighted by molar-refractivity contribution is 0.102. The summed E-state index contributed by atoms with van der Waals surface area (Å²) >= 11 is 0. The van der Waals surface area contributed by atoms with E-state index in [1.54, 1.807) is 61.8 Å². The molecule has 52 heavy (non-hydrogen) atoms. The Labute approximate surface area is 298 Å². The summed E-state index contributed by atoms with van der Waals surface area (Å²) in [7, 11) is 1.55. The fourth-order valence-electron chi connectivity index (χ4n) is 6.37. The van der Waals surface area contributed by atoms with Crippen molar-refractivity contribution in [3.8, 4) is 28.7 Å². The summed E-state index contributed by atoms with van der Waals surface area (Å²) in [5.74, 6) is -0.0943. The van der Waals surface area contributed by atoms with Crippen LogP contribution in [-0.2, 0) is 0 Å². The predicted octanol–water partition coefficient (Wildman–Crippen LogP) is 7.77. The molecule has 1 fully saturated rings. The lowest BCUT2D eigenvalue weighted by atomic mass is 9.99. The molecule has 6 aromatic rings. The zero-order valence-electron chi connectivity index (χ0n) is 28.8. The molecule has 10 nitrogen and oxygen atoms in total. The number of methoxy groups -OCH3 is 1. The Morgan fingerprint density at radius 2 is 1.73 bits per heavy atom. The van der Waals surface area contributed by atoms with Crippen molar-refractivity contribution in [3.63, 3.8) is 0 Å². The number of halogens is 2. The van der Waals surface area contributed by atoms with E-state index in [1.807, 2.05) is 0 Å². The van der Waals surface area contributed by atoms with E-state index in [2.05, 4.69) is 27.1 Å². The third-order valence-corrected chi connectivity index (χ3v) is 9.19. The van der Waals surface area contributed by atoms with E-state index >= 15 is 4.39 Å². The normalized spacial score (nSPS) is 13.7. The van der Waals surface area contributed by atoms with Gasteiger partial charge in [-0.15, -0.1) is 0 Å². The molecule has 0 radical (unpaired) electrons. The fraction of sp³-hybridized carbons (Fsp3) is 0.250. The number of benzene rings is 4. The molecule has 0 unspecified atom stereocenters. The second kappa shape index (κ2) is 15.2. The highest BCUT2D eigenvalue weighted by atomic mass is 19.1. The third-order valence-electron chi connectivity index (χ3n) is 9.19. The van der Waals surface area contributed by atoms with Gasteiger partial charge in [-0.05, 0) is 92.9 Å². The van der Waals surface area contributed by atoms with Crippen LogP contribution >= 0.6 is 0 Å². The Morgan fingerprint density at radius 1 is 0.904 bits per heavy atom. The van der Waals surface area contributed by atoms with Gasteiger partial charge >= 0.3 is 0 Å². The number of hydrogen-bond donors (Lipinski definition) is 1. The van der Waals surface area contributed by atoms with Crippen molar-refractivity contribution in [3.05, 3.63) is 119 Å². The minimum absolute atomic E-state index is 0.0689. The Balaban J connectivity index is 1.07. The van der Waals surface area contributed by atoms with Crippen LogP contribution in [0.15, 0.2) is 95.9 Å². The fourth-order valence-corrected chi connectivity index (χ4v) is 6.37. The maximum atomic E-state index is 15.5. The molecule has 1 N–H and O–H groups in total.